The lowest BCUT2D eigenvalue weighted by molar-refractivity contribution is 0.221. The zero-order chi connectivity index (χ0) is 23.0. The van der Waals surface area contributed by atoms with E-state index in [2.05, 4.69) is 61.7 Å². The van der Waals surface area contributed by atoms with Gasteiger partial charge in [0.05, 0.1) is 6.26 Å². The molecule has 2 fully saturated rings. The highest BCUT2D eigenvalue weighted by atomic mass is 16.3. The lowest BCUT2D eigenvalue weighted by Gasteiger charge is -2.36. The minimum atomic E-state index is 0.263. The summed E-state index contributed by atoms with van der Waals surface area (Å²) in [6, 6.07) is 2.24. The summed E-state index contributed by atoms with van der Waals surface area (Å²) in [5.74, 6) is 4.62. The summed E-state index contributed by atoms with van der Waals surface area (Å²) in [7, 11) is 0. The van der Waals surface area contributed by atoms with Gasteiger partial charge in [0.25, 0.3) is 0 Å². The normalized spacial score (nSPS) is 28.3. The predicted molar refractivity (Wildman–Crippen MR) is 137 cm³/mol. The molecule has 2 N–H and O–H groups in total. The molecule has 0 saturated heterocycles. The van der Waals surface area contributed by atoms with E-state index >= 15 is 0 Å². The molecule has 0 bridgehead atoms. The third-order valence-electron chi connectivity index (χ3n) is 7.91. The first-order valence-electron chi connectivity index (χ1n) is 13.4. The van der Waals surface area contributed by atoms with Crippen LogP contribution in [-0.4, -0.2) is 11.7 Å². The van der Waals surface area contributed by atoms with E-state index in [1.807, 2.05) is 6.26 Å². The number of rotatable bonds is 11. The van der Waals surface area contributed by atoms with Crippen molar-refractivity contribution in [3.05, 3.63) is 71.4 Å². The van der Waals surface area contributed by atoms with Crippen LogP contribution in [0.15, 0.2) is 64.5 Å². The fourth-order valence-corrected chi connectivity index (χ4v) is 5.75. The van der Waals surface area contributed by atoms with Crippen molar-refractivity contribution >= 4 is 0 Å². The van der Waals surface area contributed by atoms with Gasteiger partial charge in [-0.05, 0) is 93.1 Å². The quantitative estimate of drug-likeness (QED) is 0.273. The molecule has 1 heterocycles. The summed E-state index contributed by atoms with van der Waals surface area (Å²) in [6.07, 6.45) is 26.4. The van der Waals surface area contributed by atoms with Gasteiger partial charge in [-0.15, -0.1) is 0 Å². The van der Waals surface area contributed by atoms with E-state index < -0.39 is 0 Å². The Morgan fingerprint density at radius 2 is 1.91 bits per heavy atom. The fourth-order valence-electron chi connectivity index (χ4n) is 5.75. The molecule has 0 spiro atoms. The van der Waals surface area contributed by atoms with Gasteiger partial charge < -0.3 is 14.8 Å². The first-order valence-corrected chi connectivity index (χ1v) is 13.4. The highest BCUT2D eigenvalue weighted by Gasteiger charge is 2.31. The molecule has 3 aliphatic carbocycles. The number of nitrogens with one attached hydrogen (secondary N) is 1. The third-order valence-corrected chi connectivity index (χ3v) is 7.91. The van der Waals surface area contributed by atoms with E-state index in [9.17, 15) is 5.11 Å². The number of hydrogen-bond acceptors (Lipinski definition) is 3. The molecule has 180 valence electrons. The summed E-state index contributed by atoms with van der Waals surface area (Å²) < 4.78 is 5.80. The SMILES string of the molecule is CC/C(NCc1coc(C2CC2)c1)=C(\C=C/CCCO)C1CCC(C2C=CC=CC2C)CC1. The molecule has 3 aliphatic rings. The Labute approximate surface area is 200 Å². The number of unbranched alkanes of at least 4 members (excludes halogenated alkanes) is 1. The summed E-state index contributed by atoms with van der Waals surface area (Å²) in [5, 5.41) is 13.0. The average Bonchev–Trinajstić information content (AvgIpc) is 3.59. The third kappa shape index (κ3) is 6.53. The molecular formula is C30H43NO2. The summed E-state index contributed by atoms with van der Waals surface area (Å²) in [6.45, 7) is 5.73. The van der Waals surface area contributed by atoms with Crippen molar-refractivity contribution in [2.24, 2.45) is 23.7 Å². The van der Waals surface area contributed by atoms with Gasteiger partial charge in [-0.2, -0.15) is 0 Å². The van der Waals surface area contributed by atoms with Crippen LogP contribution in [0.1, 0.15) is 88.9 Å². The highest BCUT2D eigenvalue weighted by Crippen LogP contribution is 2.42. The molecule has 0 aliphatic heterocycles. The molecule has 2 saturated carbocycles. The first-order chi connectivity index (χ1) is 16.2. The van der Waals surface area contributed by atoms with Crippen molar-refractivity contribution in [2.75, 3.05) is 6.61 Å². The van der Waals surface area contributed by atoms with E-state index in [0.29, 0.717) is 23.7 Å². The van der Waals surface area contributed by atoms with E-state index in [1.165, 1.54) is 55.4 Å². The number of aliphatic hydroxyl groups excluding tert-OH is 1. The van der Waals surface area contributed by atoms with Gasteiger partial charge in [0, 0.05) is 30.3 Å². The zero-order valence-corrected chi connectivity index (χ0v) is 20.6. The van der Waals surface area contributed by atoms with Gasteiger partial charge in [-0.25, -0.2) is 0 Å². The minimum Gasteiger partial charge on any atom is -0.469 e. The second kappa shape index (κ2) is 11.9. The van der Waals surface area contributed by atoms with Crippen molar-refractivity contribution in [2.45, 2.75) is 84.1 Å². The Kier molecular flexibility index (Phi) is 8.72. The Hall–Kier alpha value is -2.00. The maximum atomic E-state index is 9.19. The number of aliphatic hydroxyl groups is 1. The topological polar surface area (TPSA) is 45.4 Å². The molecule has 2 atom stereocenters. The molecule has 0 radical (unpaired) electrons. The lowest BCUT2D eigenvalue weighted by Crippen LogP contribution is -2.27. The maximum absolute atomic E-state index is 9.19. The van der Waals surface area contributed by atoms with E-state index in [0.717, 1.165) is 37.5 Å². The van der Waals surface area contributed by atoms with Crippen LogP contribution in [0, 0.1) is 23.7 Å². The largest absolute Gasteiger partial charge is 0.469 e. The summed E-state index contributed by atoms with van der Waals surface area (Å²) >= 11 is 0. The van der Waals surface area contributed by atoms with Crippen molar-refractivity contribution in [3.63, 3.8) is 0 Å². The zero-order valence-electron chi connectivity index (χ0n) is 20.6. The average molecular weight is 450 g/mol. The monoisotopic (exact) mass is 449 g/mol. The Balaban J connectivity index is 1.43. The predicted octanol–water partition coefficient (Wildman–Crippen LogP) is 7.42. The molecular weight excluding hydrogens is 406 g/mol. The van der Waals surface area contributed by atoms with Gasteiger partial charge >= 0.3 is 0 Å². The molecule has 3 nitrogen and oxygen atoms in total. The van der Waals surface area contributed by atoms with Crippen molar-refractivity contribution < 1.29 is 9.52 Å². The van der Waals surface area contributed by atoms with E-state index in [-0.39, 0.29) is 6.61 Å². The second-order valence-corrected chi connectivity index (χ2v) is 10.4. The standard InChI is InChI=1S/C30H43NO2/c1-3-29(31-20-23-19-30(33-21-23)26-16-17-26)28(11-5-4-8-18-32)25-14-12-24(13-15-25)27-10-7-6-9-22(27)2/h5-7,9-11,19,21-22,24-27,31-32H,3-4,8,12-18,20H2,1-2H3/b11-5-,29-28-. The highest BCUT2D eigenvalue weighted by molar-refractivity contribution is 5.29. The van der Waals surface area contributed by atoms with Crippen LogP contribution >= 0.6 is 0 Å². The van der Waals surface area contributed by atoms with Gasteiger partial charge in [0.15, 0.2) is 0 Å². The molecule has 2 unspecified atom stereocenters. The molecule has 33 heavy (non-hydrogen) atoms. The second-order valence-electron chi connectivity index (χ2n) is 10.4. The Bertz CT molecular complexity index is 862. The minimum absolute atomic E-state index is 0.263. The number of furan rings is 1. The molecule has 4 rings (SSSR count). The van der Waals surface area contributed by atoms with Crippen LogP contribution in [-0.2, 0) is 6.54 Å². The molecule has 0 aromatic carbocycles. The Morgan fingerprint density at radius 3 is 2.61 bits per heavy atom. The summed E-state index contributed by atoms with van der Waals surface area (Å²) in [5.41, 5.74) is 4.12. The van der Waals surface area contributed by atoms with Gasteiger partial charge in [0.2, 0.25) is 0 Å². The number of hydrogen-bond donors (Lipinski definition) is 2. The van der Waals surface area contributed by atoms with Crippen molar-refractivity contribution in [3.8, 4) is 0 Å². The van der Waals surface area contributed by atoms with E-state index in [4.69, 9.17) is 4.42 Å². The van der Waals surface area contributed by atoms with Gasteiger partial charge in [-0.1, -0.05) is 50.3 Å². The van der Waals surface area contributed by atoms with Gasteiger partial charge in [0.1, 0.15) is 5.76 Å². The van der Waals surface area contributed by atoms with Crippen LogP contribution in [0.3, 0.4) is 0 Å². The van der Waals surface area contributed by atoms with Crippen LogP contribution in [0.5, 0.6) is 0 Å². The number of allylic oxidation sites excluding steroid dienone is 8. The Morgan fingerprint density at radius 1 is 1.12 bits per heavy atom. The molecule has 1 aromatic rings. The van der Waals surface area contributed by atoms with Crippen LogP contribution in [0.2, 0.25) is 0 Å². The van der Waals surface area contributed by atoms with Crippen LogP contribution in [0.25, 0.3) is 0 Å². The van der Waals surface area contributed by atoms with Crippen LogP contribution in [0.4, 0.5) is 0 Å². The van der Waals surface area contributed by atoms with Crippen LogP contribution < -0.4 is 5.32 Å². The van der Waals surface area contributed by atoms with Gasteiger partial charge in [-0.3, -0.25) is 0 Å². The summed E-state index contributed by atoms with van der Waals surface area (Å²) in [4.78, 5) is 0. The molecule has 1 aromatic heterocycles. The lowest BCUT2D eigenvalue weighted by atomic mass is 9.69. The molecule has 3 heteroatoms. The fraction of sp³-hybridized carbons (Fsp3) is 0.600. The van der Waals surface area contributed by atoms with Crippen molar-refractivity contribution in [1.29, 1.82) is 0 Å². The van der Waals surface area contributed by atoms with E-state index in [1.54, 1.807) is 0 Å². The van der Waals surface area contributed by atoms with Crippen molar-refractivity contribution in [1.82, 2.24) is 5.32 Å². The first kappa shape index (κ1) is 24.1. The molecule has 0 amide bonds. The maximum Gasteiger partial charge on any atom is 0.107 e. The smallest absolute Gasteiger partial charge is 0.107 e.